The molecule has 70 valence electrons. The molecule has 0 spiro atoms. The summed E-state index contributed by atoms with van der Waals surface area (Å²) in [6.45, 7) is 1.92. The fourth-order valence-corrected chi connectivity index (χ4v) is 1.00. The van der Waals surface area contributed by atoms with E-state index in [-0.39, 0.29) is 0 Å². The van der Waals surface area contributed by atoms with Crippen molar-refractivity contribution in [2.45, 2.75) is 13.3 Å². The van der Waals surface area contributed by atoms with Crippen LogP contribution < -0.4 is 4.74 Å². The summed E-state index contributed by atoms with van der Waals surface area (Å²) in [5, 5.41) is 11.8. The fraction of sp³-hybridized carbons (Fsp3) is 0.333. The lowest BCUT2D eigenvalue weighted by atomic mass is 10.1. The molecule has 4 heteroatoms. The van der Waals surface area contributed by atoms with Crippen molar-refractivity contribution in [3.63, 3.8) is 0 Å². The molecule has 1 rings (SSSR count). The van der Waals surface area contributed by atoms with Gasteiger partial charge < -0.3 is 9.94 Å². The van der Waals surface area contributed by atoms with Crippen molar-refractivity contribution in [2.75, 3.05) is 7.11 Å². The van der Waals surface area contributed by atoms with Crippen LogP contribution >= 0.6 is 0 Å². The molecule has 0 atom stereocenters. The van der Waals surface area contributed by atoms with Crippen LogP contribution in [0, 0.1) is 0 Å². The second kappa shape index (κ2) is 4.45. The highest BCUT2D eigenvalue weighted by Gasteiger charge is 2.01. The zero-order chi connectivity index (χ0) is 9.68. The van der Waals surface area contributed by atoms with Gasteiger partial charge in [-0.15, -0.1) is 0 Å². The lowest BCUT2D eigenvalue weighted by Gasteiger charge is -2.01. The predicted molar refractivity (Wildman–Crippen MR) is 49.4 cm³/mol. The molecule has 0 aromatic carbocycles. The first-order valence-corrected chi connectivity index (χ1v) is 4.03. The minimum atomic E-state index is 0.553. The van der Waals surface area contributed by atoms with Crippen molar-refractivity contribution in [1.29, 1.82) is 0 Å². The SMILES string of the molecule is CCC(=NO)c1ccc(OC)nc1. The molecule has 0 aliphatic carbocycles. The highest BCUT2D eigenvalue weighted by Crippen LogP contribution is 2.08. The monoisotopic (exact) mass is 180 g/mol. The molecule has 0 fully saturated rings. The molecule has 1 aromatic rings. The van der Waals surface area contributed by atoms with E-state index < -0.39 is 0 Å². The van der Waals surface area contributed by atoms with E-state index in [9.17, 15) is 0 Å². The Hall–Kier alpha value is -1.58. The quantitative estimate of drug-likeness (QED) is 0.437. The maximum absolute atomic E-state index is 8.63. The summed E-state index contributed by atoms with van der Waals surface area (Å²) >= 11 is 0. The Morgan fingerprint density at radius 2 is 2.38 bits per heavy atom. The summed E-state index contributed by atoms with van der Waals surface area (Å²) in [4.78, 5) is 4.00. The van der Waals surface area contributed by atoms with Gasteiger partial charge in [0.1, 0.15) is 0 Å². The maximum atomic E-state index is 8.63. The minimum absolute atomic E-state index is 0.553. The van der Waals surface area contributed by atoms with E-state index in [1.807, 2.05) is 13.0 Å². The molecule has 0 aliphatic heterocycles. The Morgan fingerprint density at radius 3 is 2.77 bits per heavy atom. The number of nitrogens with zero attached hydrogens (tertiary/aromatic N) is 2. The smallest absolute Gasteiger partial charge is 0.212 e. The molecule has 0 saturated carbocycles. The molecule has 0 amide bonds. The Morgan fingerprint density at radius 1 is 1.62 bits per heavy atom. The molecule has 1 aromatic heterocycles. The van der Waals surface area contributed by atoms with E-state index in [1.165, 1.54) is 0 Å². The molecule has 4 nitrogen and oxygen atoms in total. The van der Waals surface area contributed by atoms with Crippen LogP contribution in [0.15, 0.2) is 23.5 Å². The number of oxime groups is 1. The summed E-state index contributed by atoms with van der Waals surface area (Å²) in [5.74, 6) is 0.553. The van der Waals surface area contributed by atoms with Crippen LogP contribution in [0.2, 0.25) is 0 Å². The second-order valence-electron chi connectivity index (χ2n) is 2.49. The van der Waals surface area contributed by atoms with Gasteiger partial charge >= 0.3 is 0 Å². The Kier molecular flexibility index (Phi) is 3.25. The van der Waals surface area contributed by atoms with E-state index in [0.717, 1.165) is 5.56 Å². The van der Waals surface area contributed by atoms with E-state index in [0.29, 0.717) is 18.0 Å². The molecular formula is C9H12N2O2. The predicted octanol–water partition coefficient (Wildman–Crippen LogP) is 1.68. The van der Waals surface area contributed by atoms with Gasteiger partial charge in [-0.2, -0.15) is 0 Å². The van der Waals surface area contributed by atoms with Crippen LogP contribution in [-0.4, -0.2) is 23.0 Å². The zero-order valence-electron chi connectivity index (χ0n) is 7.69. The third-order valence-electron chi connectivity index (χ3n) is 1.73. The zero-order valence-corrected chi connectivity index (χ0v) is 7.69. The minimum Gasteiger partial charge on any atom is -0.481 e. The van der Waals surface area contributed by atoms with E-state index in [2.05, 4.69) is 10.1 Å². The summed E-state index contributed by atoms with van der Waals surface area (Å²) in [5.41, 5.74) is 1.43. The van der Waals surface area contributed by atoms with Crippen molar-refractivity contribution in [2.24, 2.45) is 5.16 Å². The summed E-state index contributed by atoms with van der Waals surface area (Å²) in [7, 11) is 1.56. The largest absolute Gasteiger partial charge is 0.481 e. The van der Waals surface area contributed by atoms with Gasteiger partial charge in [0.15, 0.2) is 0 Å². The average Bonchev–Trinajstić information content (AvgIpc) is 2.21. The topological polar surface area (TPSA) is 54.7 Å². The Labute approximate surface area is 76.9 Å². The maximum Gasteiger partial charge on any atom is 0.212 e. The fourth-order valence-electron chi connectivity index (χ4n) is 1.00. The van der Waals surface area contributed by atoms with E-state index >= 15 is 0 Å². The van der Waals surface area contributed by atoms with Gasteiger partial charge in [0, 0.05) is 17.8 Å². The van der Waals surface area contributed by atoms with Gasteiger partial charge in [-0.1, -0.05) is 12.1 Å². The normalized spacial score (nSPS) is 11.4. The van der Waals surface area contributed by atoms with Crippen molar-refractivity contribution >= 4 is 5.71 Å². The van der Waals surface area contributed by atoms with E-state index in [1.54, 1.807) is 19.4 Å². The lowest BCUT2D eigenvalue weighted by Crippen LogP contribution is -1.99. The van der Waals surface area contributed by atoms with Gasteiger partial charge in [0.25, 0.3) is 0 Å². The van der Waals surface area contributed by atoms with Crippen LogP contribution in [-0.2, 0) is 0 Å². The van der Waals surface area contributed by atoms with Gasteiger partial charge in [0.05, 0.1) is 12.8 Å². The first-order valence-electron chi connectivity index (χ1n) is 4.03. The standard InChI is InChI=1S/C9H12N2O2/c1-3-8(11-12)7-4-5-9(13-2)10-6-7/h4-6,12H,3H2,1-2H3. The molecule has 1 heterocycles. The van der Waals surface area contributed by atoms with Gasteiger partial charge in [-0.3, -0.25) is 0 Å². The molecule has 0 unspecified atom stereocenters. The molecule has 0 aliphatic rings. The molecule has 13 heavy (non-hydrogen) atoms. The lowest BCUT2D eigenvalue weighted by molar-refractivity contribution is 0.318. The van der Waals surface area contributed by atoms with Crippen LogP contribution in [0.1, 0.15) is 18.9 Å². The van der Waals surface area contributed by atoms with Crippen LogP contribution in [0.3, 0.4) is 0 Å². The third-order valence-corrected chi connectivity index (χ3v) is 1.73. The average molecular weight is 180 g/mol. The van der Waals surface area contributed by atoms with Crippen molar-refractivity contribution < 1.29 is 9.94 Å². The van der Waals surface area contributed by atoms with Crippen LogP contribution in [0.4, 0.5) is 0 Å². The molecular weight excluding hydrogens is 168 g/mol. The number of aromatic nitrogens is 1. The number of rotatable bonds is 3. The first-order chi connectivity index (χ1) is 6.31. The number of pyridine rings is 1. The second-order valence-corrected chi connectivity index (χ2v) is 2.49. The third kappa shape index (κ3) is 2.18. The van der Waals surface area contributed by atoms with Crippen LogP contribution in [0.25, 0.3) is 0 Å². The Bertz CT molecular complexity index is 293. The van der Waals surface area contributed by atoms with Crippen molar-refractivity contribution in [1.82, 2.24) is 4.98 Å². The molecule has 0 radical (unpaired) electrons. The summed E-state index contributed by atoms with van der Waals surface area (Å²) in [6.07, 6.45) is 2.29. The van der Waals surface area contributed by atoms with Crippen molar-refractivity contribution in [3.8, 4) is 5.88 Å². The highest BCUT2D eigenvalue weighted by molar-refractivity contribution is 5.99. The molecule has 1 N–H and O–H groups in total. The first kappa shape index (κ1) is 9.51. The molecule has 0 bridgehead atoms. The highest BCUT2D eigenvalue weighted by atomic mass is 16.5. The van der Waals surface area contributed by atoms with Gasteiger partial charge in [0.2, 0.25) is 5.88 Å². The van der Waals surface area contributed by atoms with Crippen molar-refractivity contribution in [3.05, 3.63) is 23.9 Å². The van der Waals surface area contributed by atoms with E-state index in [4.69, 9.17) is 9.94 Å². The number of ether oxygens (including phenoxy) is 1. The number of hydrogen-bond donors (Lipinski definition) is 1. The van der Waals surface area contributed by atoms with Gasteiger partial charge in [-0.25, -0.2) is 4.98 Å². The summed E-state index contributed by atoms with van der Waals surface area (Å²) in [6, 6.07) is 3.54. The van der Waals surface area contributed by atoms with Crippen LogP contribution in [0.5, 0.6) is 5.88 Å². The van der Waals surface area contributed by atoms with Gasteiger partial charge in [-0.05, 0) is 12.5 Å². The number of hydrogen-bond acceptors (Lipinski definition) is 4. The number of methoxy groups -OCH3 is 1. The molecule has 0 saturated heterocycles. The summed E-state index contributed by atoms with van der Waals surface area (Å²) < 4.78 is 4.90. The Balaban J connectivity index is 2.91.